The summed E-state index contributed by atoms with van der Waals surface area (Å²) < 4.78 is 31.4. The summed E-state index contributed by atoms with van der Waals surface area (Å²) >= 11 is 0. The van der Waals surface area contributed by atoms with Gasteiger partial charge in [-0.1, -0.05) is 12.1 Å². The molecule has 0 spiro atoms. The van der Waals surface area contributed by atoms with Crippen LogP contribution < -0.4 is 10.1 Å². The standard InChI is InChI=1S/C15H20F2N2O2.ClH/c1-3-19(9-11-4-6-12(21-2)7-5-11)14(20)13-8-15(16,17)10-18-13;/h4-7,13,18H,3,8-10H2,1-2H3;1H. The number of amides is 1. The van der Waals surface area contributed by atoms with E-state index in [0.29, 0.717) is 13.1 Å². The molecule has 0 radical (unpaired) electrons. The van der Waals surface area contributed by atoms with Gasteiger partial charge in [-0.05, 0) is 24.6 Å². The van der Waals surface area contributed by atoms with Crippen molar-refractivity contribution in [2.75, 3.05) is 20.2 Å². The molecule has 1 atom stereocenters. The maximum Gasteiger partial charge on any atom is 0.262 e. The predicted octanol–water partition coefficient (Wildman–Crippen LogP) is 2.46. The molecule has 1 aliphatic heterocycles. The largest absolute Gasteiger partial charge is 0.497 e. The lowest BCUT2D eigenvalue weighted by Gasteiger charge is -2.24. The van der Waals surface area contributed by atoms with Gasteiger partial charge in [-0.25, -0.2) is 8.78 Å². The fourth-order valence-corrected chi connectivity index (χ4v) is 2.41. The van der Waals surface area contributed by atoms with E-state index in [1.165, 1.54) is 0 Å². The van der Waals surface area contributed by atoms with Crippen LogP contribution in [-0.4, -0.2) is 43.0 Å². The fraction of sp³-hybridized carbons (Fsp3) is 0.533. The minimum atomic E-state index is -2.79. The number of ether oxygens (including phenoxy) is 1. The Morgan fingerprint density at radius 1 is 1.41 bits per heavy atom. The Balaban J connectivity index is 0.00000242. The van der Waals surface area contributed by atoms with Crippen LogP contribution in [0.3, 0.4) is 0 Å². The van der Waals surface area contributed by atoms with Gasteiger partial charge in [0.15, 0.2) is 0 Å². The van der Waals surface area contributed by atoms with Gasteiger partial charge in [-0.2, -0.15) is 0 Å². The Morgan fingerprint density at radius 3 is 2.50 bits per heavy atom. The number of carbonyl (C=O) groups is 1. The number of alkyl halides is 2. The summed E-state index contributed by atoms with van der Waals surface area (Å²) in [7, 11) is 1.59. The third-order valence-corrected chi connectivity index (χ3v) is 3.63. The summed E-state index contributed by atoms with van der Waals surface area (Å²) in [5.41, 5.74) is 0.941. The second-order valence-corrected chi connectivity index (χ2v) is 5.19. The Morgan fingerprint density at radius 2 is 2.05 bits per heavy atom. The summed E-state index contributed by atoms with van der Waals surface area (Å²) in [6.07, 6.45) is -0.426. The van der Waals surface area contributed by atoms with Crippen molar-refractivity contribution in [1.82, 2.24) is 10.2 Å². The van der Waals surface area contributed by atoms with Gasteiger partial charge in [0, 0.05) is 19.5 Å². The molecule has 1 aromatic carbocycles. The number of benzene rings is 1. The van der Waals surface area contributed by atoms with E-state index in [1.807, 2.05) is 31.2 Å². The fourth-order valence-electron chi connectivity index (χ4n) is 2.41. The molecule has 1 N–H and O–H groups in total. The average molecular weight is 335 g/mol. The van der Waals surface area contributed by atoms with Crippen molar-refractivity contribution in [2.24, 2.45) is 0 Å². The normalized spacial score (nSPS) is 19.4. The summed E-state index contributed by atoms with van der Waals surface area (Å²) in [6.45, 7) is 2.30. The van der Waals surface area contributed by atoms with Crippen molar-refractivity contribution in [3.8, 4) is 5.75 Å². The van der Waals surface area contributed by atoms with Crippen molar-refractivity contribution < 1.29 is 18.3 Å². The molecule has 1 amide bonds. The third-order valence-electron chi connectivity index (χ3n) is 3.63. The Labute approximate surface area is 135 Å². The van der Waals surface area contributed by atoms with Crippen molar-refractivity contribution >= 4 is 18.3 Å². The van der Waals surface area contributed by atoms with E-state index in [2.05, 4.69) is 5.32 Å². The molecule has 1 heterocycles. The van der Waals surface area contributed by atoms with Crippen molar-refractivity contribution in [2.45, 2.75) is 31.9 Å². The summed E-state index contributed by atoms with van der Waals surface area (Å²) in [6, 6.07) is 6.57. The highest BCUT2D eigenvalue weighted by atomic mass is 35.5. The lowest BCUT2D eigenvalue weighted by Crippen LogP contribution is -2.43. The van der Waals surface area contributed by atoms with Gasteiger partial charge < -0.3 is 9.64 Å². The van der Waals surface area contributed by atoms with Gasteiger partial charge in [0.1, 0.15) is 5.75 Å². The maximum absolute atomic E-state index is 13.2. The van der Waals surface area contributed by atoms with E-state index in [0.717, 1.165) is 11.3 Å². The first-order valence-electron chi connectivity index (χ1n) is 6.98. The second kappa shape index (κ2) is 7.74. The molecule has 4 nitrogen and oxygen atoms in total. The summed E-state index contributed by atoms with van der Waals surface area (Å²) in [5.74, 6) is -2.32. The molecule has 7 heteroatoms. The molecule has 1 aromatic rings. The highest BCUT2D eigenvalue weighted by Crippen LogP contribution is 2.26. The van der Waals surface area contributed by atoms with Gasteiger partial charge in [0.25, 0.3) is 5.92 Å². The van der Waals surface area contributed by atoms with E-state index in [9.17, 15) is 13.6 Å². The Kier molecular flexibility index (Phi) is 6.56. The number of carbonyl (C=O) groups excluding carboxylic acids is 1. The van der Waals surface area contributed by atoms with Gasteiger partial charge in [0.2, 0.25) is 5.91 Å². The molecule has 0 bridgehead atoms. The summed E-state index contributed by atoms with van der Waals surface area (Å²) in [5, 5.41) is 2.60. The topological polar surface area (TPSA) is 41.6 Å². The lowest BCUT2D eigenvalue weighted by molar-refractivity contribution is -0.134. The average Bonchev–Trinajstić information content (AvgIpc) is 2.85. The molecule has 124 valence electrons. The SMILES string of the molecule is CCN(Cc1ccc(OC)cc1)C(=O)C1CC(F)(F)CN1.Cl. The van der Waals surface area contributed by atoms with E-state index in [1.54, 1.807) is 12.0 Å². The zero-order chi connectivity index (χ0) is 15.5. The van der Waals surface area contributed by atoms with E-state index in [-0.39, 0.29) is 18.3 Å². The van der Waals surface area contributed by atoms with Crippen LogP contribution >= 0.6 is 12.4 Å². The van der Waals surface area contributed by atoms with Crippen LogP contribution in [0.2, 0.25) is 0 Å². The zero-order valence-corrected chi connectivity index (χ0v) is 13.5. The Bertz CT molecular complexity index is 497. The third kappa shape index (κ3) is 4.55. The van der Waals surface area contributed by atoms with Gasteiger partial charge in [-0.15, -0.1) is 12.4 Å². The van der Waals surface area contributed by atoms with Crippen LogP contribution in [0.1, 0.15) is 18.9 Å². The zero-order valence-electron chi connectivity index (χ0n) is 12.6. The predicted molar refractivity (Wildman–Crippen MR) is 82.7 cm³/mol. The summed E-state index contributed by atoms with van der Waals surface area (Å²) in [4.78, 5) is 13.9. The first-order valence-corrected chi connectivity index (χ1v) is 6.98. The minimum absolute atomic E-state index is 0. The Hall–Kier alpha value is -1.40. The van der Waals surface area contributed by atoms with Gasteiger partial charge >= 0.3 is 0 Å². The molecule has 1 saturated heterocycles. The number of methoxy groups -OCH3 is 1. The molecule has 0 saturated carbocycles. The van der Waals surface area contributed by atoms with Gasteiger partial charge in [0.05, 0.1) is 19.7 Å². The van der Waals surface area contributed by atoms with Crippen LogP contribution in [0, 0.1) is 0 Å². The number of nitrogens with zero attached hydrogens (tertiary/aromatic N) is 1. The number of hydrogen-bond donors (Lipinski definition) is 1. The molecule has 22 heavy (non-hydrogen) atoms. The smallest absolute Gasteiger partial charge is 0.262 e. The molecular weight excluding hydrogens is 314 g/mol. The van der Waals surface area contributed by atoms with Crippen LogP contribution in [-0.2, 0) is 11.3 Å². The van der Waals surface area contributed by atoms with E-state index in [4.69, 9.17) is 4.74 Å². The number of hydrogen-bond acceptors (Lipinski definition) is 3. The number of halogens is 3. The molecule has 1 aliphatic rings. The quantitative estimate of drug-likeness (QED) is 0.899. The monoisotopic (exact) mass is 334 g/mol. The van der Waals surface area contributed by atoms with Crippen LogP contribution in [0.5, 0.6) is 5.75 Å². The molecular formula is C15H21ClF2N2O2. The van der Waals surface area contributed by atoms with Crippen LogP contribution in [0.25, 0.3) is 0 Å². The first kappa shape index (κ1) is 18.6. The lowest BCUT2D eigenvalue weighted by atomic mass is 10.1. The minimum Gasteiger partial charge on any atom is -0.497 e. The number of nitrogens with one attached hydrogen (secondary N) is 1. The number of rotatable bonds is 5. The highest BCUT2D eigenvalue weighted by molar-refractivity contribution is 5.85. The number of likely N-dealkylation sites (N-methyl/N-ethyl adjacent to an activating group) is 1. The molecule has 2 rings (SSSR count). The van der Waals surface area contributed by atoms with Crippen molar-refractivity contribution in [3.63, 3.8) is 0 Å². The van der Waals surface area contributed by atoms with E-state index >= 15 is 0 Å². The van der Waals surface area contributed by atoms with Crippen LogP contribution in [0.4, 0.5) is 8.78 Å². The van der Waals surface area contributed by atoms with Crippen LogP contribution in [0.15, 0.2) is 24.3 Å². The maximum atomic E-state index is 13.2. The molecule has 0 aromatic heterocycles. The second-order valence-electron chi connectivity index (χ2n) is 5.19. The van der Waals surface area contributed by atoms with Crippen molar-refractivity contribution in [1.29, 1.82) is 0 Å². The van der Waals surface area contributed by atoms with Crippen molar-refractivity contribution in [3.05, 3.63) is 29.8 Å². The highest BCUT2D eigenvalue weighted by Gasteiger charge is 2.43. The molecule has 1 unspecified atom stereocenters. The first-order chi connectivity index (χ1) is 9.95. The molecule has 1 fully saturated rings. The van der Waals surface area contributed by atoms with E-state index < -0.39 is 24.9 Å². The van der Waals surface area contributed by atoms with Gasteiger partial charge in [-0.3, -0.25) is 10.1 Å². The molecule has 0 aliphatic carbocycles.